The van der Waals surface area contributed by atoms with E-state index in [2.05, 4.69) is 54.6 Å². The number of hydrogen-bond donors (Lipinski definition) is 0. The molecule has 0 bridgehead atoms. The minimum Gasteiger partial charge on any atom is -0.486 e. The maximum atomic E-state index is 6.33. The van der Waals surface area contributed by atoms with Gasteiger partial charge in [0.15, 0.2) is 11.5 Å². The highest BCUT2D eigenvalue weighted by Crippen LogP contribution is 2.37. The first-order chi connectivity index (χ1) is 15.3. The molecule has 2 heteroatoms. The molecule has 1 unspecified atom stereocenters. The molecular weight excluding hydrogens is 380 g/mol. The molecule has 1 aliphatic heterocycles. The van der Waals surface area contributed by atoms with Crippen molar-refractivity contribution in [1.82, 2.24) is 0 Å². The van der Waals surface area contributed by atoms with Gasteiger partial charge in [0.05, 0.1) is 0 Å². The fourth-order valence-electron chi connectivity index (χ4n) is 5.15. The van der Waals surface area contributed by atoms with Gasteiger partial charge in [-0.3, -0.25) is 0 Å². The van der Waals surface area contributed by atoms with Crippen LogP contribution in [0.2, 0.25) is 0 Å². The molecule has 6 rings (SSSR count). The van der Waals surface area contributed by atoms with Crippen LogP contribution in [0.4, 0.5) is 0 Å². The maximum Gasteiger partial charge on any atom is 0.161 e. The SMILES string of the molecule is c1ccc2c(c1)OCC(Cc1cc3ccccc3cc1-c1cccc3c1CCCC3)O2. The summed E-state index contributed by atoms with van der Waals surface area (Å²) >= 11 is 0. The Balaban J connectivity index is 1.44. The minimum absolute atomic E-state index is 0.00866. The fourth-order valence-corrected chi connectivity index (χ4v) is 5.15. The Hall–Kier alpha value is -3.26. The van der Waals surface area contributed by atoms with Gasteiger partial charge in [0.2, 0.25) is 0 Å². The normalized spacial score (nSPS) is 17.4. The molecule has 154 valence electrons. The molecule has 0 aromatic heterocycles. The molecule has 0 saturated carbocycles. The molecule has 0 radical (unpaired) electrons. The van der Waals surface area contributed by atoms with Gasteiger partial charge in [-0.1, -0.05) is 60.7 Å². The summed E-state index contributed by atoms with van der Waals surface area (Å²) in [5.41, 5.74) is 7.14. The van der Waals surface area contributed by atoms with Crippen LogP contribution in [-0.4, -0.2) is 12.7 Å². The third-order valence-corrected chi connectivity index (χ3v) is 6.67. The Morgan fingerprint density at radius 2 is 1.48 bits per heavy atom. The highest BCUT2D eigenvalue weighted by molar-refractivity contribution is 5.90. The molecule has 1 aliphatic carbocycles. The van der Waals surface area contributed by atoms with Crippen molar-refractivity contribution in [3.05, 3.63) is 95.6 Å². The van der Waals surface area contributed by atoms with Gasteiger partial charge in [-0.2, -0.15) is 0 Å². The summed E-state index contributed by atoms with van der Waals surface area (Å²) in [6.07, 6.45) is 5.79. The first-order valence-electron chi connectivity index (χ1n) is 11.4. The van der Waals surface area contributed by atoms with Gasteiger partial charge in [0.25, 0.3) is 0 Å². The molecule has 1 heterocycles. The molecule has 0 fully saturated rings. The van der Waals surface area contributed by atoms with Crippen molar-refractivity contribution >= 4 is 10.8 Å². The molecule has 1 atom stereocenters. The molecule has 0 saturated heterocycles. The first-order valence-corrected chi connectivity index (χ1v) is 11.4. The average Bonchev–Trinajstić information content (AvgIpc) is 2.83. The van der Waals surface area contributed by atoms with Gasteiger partial charge in [-0.25, -0.2) is 0 Å². The number of para-hydroxylation sites is 2. The van der Waals surface area contributed by atoms with Gasteiger partial charge < -0.3 is 9.47 Å². The predicted octanol–water partition coefficient (Wildman–Crippen LogP) is 6.77. The van der Waals surface area contributed by atoms with Crippen molar-refractivity contribution in [3.8, 4) is 22.6 Å². The van der Waals surface area contributed by atoms with E-state index >= 15 is 0 Å². The van der Waals surface area contributed by atoms with E-state index in [4.69, 9.17) is 9.47 Å². The van der Waals surface area contributed by atoms with E-state index < -0.39 is 0 Å². The highest BCUT2D eigenvalue weighted by Gasteiger charge is 2.23. The zero-order valence-corrected chi connectivity index (χ0v) is 17.6. The predicted molar refractivity (Wildman–Crippen MR) is 126 cm³/mol. The summed E-state index contributed by atoms with van der Waals surface area (Å²) < 4.78 is 12.3. The average molecular weight is 407 g/mol. The Labute approximate surface area is 183 Å². The lowest BCUT2D eigenvalue weighted by atomic mass is 9.83. The van der Waals surface area contributed by atoms with Crippen LogP contribution in [-0.2, 0) is 19.3 Å². The second kappa shape index (κ2) is 7.77. The molecule has 0 amide bonds. The quantitative estimate of drug-likeness (QED) is 0.374. The Bertz CT molecular complexity index is 1260. The number of ether oxygens (including phenoxy) is 2. The van der Waals surface area contributed by atoms with Crippen LogP contribution >= 0.6 is 0 Å². The monoisotopic (exact) mass is 406 g/mol. The van der Waals surface area contributed by atoms with Crippen molar-refractivity contribution in [2.24, 2.45) is 0 Å². The van der Waals surface area contributed by atoms with Gasteiger partial charge in [-0.05, 0) is 82.5 Å². The lowest BCUT2D eigenvalue weighted by Crippen LogP contribution is -2.31. The topological polar surface area (TPSA) is 18.5 Å². The van der Waals surface area contributed by atoms with E-state index in [1.54, 1.807) is 0 Å². The number of rotatable bonds is 3. The molecule has 4 aromatic rings. The van der Waals surface area contributed by atoms with Crippen LogP contribution in [0.5, 0.6) is 11.5 Å². The Kier molecular flexibility index (Phi) is 4.64. The second-order valence-electron chi connectivity index (χ2n) is 8.71. The van der Waals surface area contributed by atoms with E-state index in [9.17, 15) is 0 Å². The Morgan fingerprint density at radius 3 is 2.39 bits per heavy atom. The summed E-state index contributed by atoms with van der Waals surface area (Å²) in [7, 11) is 0. The lowest BCUT2D eigenvalue weighted by Gasteiger charge is -2.28. The molecule has 2 aliphatic rings. The summed E-state index contributed by atoms with van der Waals surface area (Å²) in [4.78, 5) is 0. The van der Waals surface area contributed by atoms with Crippen molar-refractivity contribution in [2.75, 3.05) is 6.61 Å². The van der Waals surface area contributed by atoms with Crippen LogP contribution in [0.15, 0.2) is 78.9 Å². The standard InChI is InChI=1S/C29H26O2/c1-2-10-22-18-27(26-13-7-11-20-8-3-4-12-25(20)26)23(16-21(22)9-1)17-24-19-30-28-14-5-6-15-29(28)31-24/h1-2,5-7,9-11,13-16,18,24H,3-4,8,12,17,19H2. The highest BCUT2D eigenvalue weighted by atomic mass is 16.6. The van der Waals surface area contributed by atoms with Crippen molar-refractivity contribution < 1.29 is 9.47 Å². The molecular formula is C29H26O2. The first kappa shape index (κ1) is 18.5. The van der Waals surface area contributed by atoms with Crippen molar-refractivity contribution in [1.29, 1.82) is 0 Å². The van der Waals surface area contributed by atoms with Crippen LogP contribution in [0, 0.1) is 0 Å². The number of fused-ring (bicyclic) bond motifs is 3. The van der Waals surface area contributed by atoms with Gasteiger partial charge >= 0.3 is 0 Å². The largest absolute Gasteiger partial charge is 0.486 e. The fraction of sp³-hybridized carbons (Fsp3) is 0.241. The summed E-state index contributed by atoms with van der Waals surface area (Å²) in [6.45, 7) is 0.580. The number of aryl methyl sites for hydroxylation is 1. The summed E-state index contributed by atoms with van der Waals surface area (Å²) in [5, 5.41) is 2.57. The van der Waals surface area contributed by atoms with E-state index in [1.807, 2.05) is 24.3 Å². The van der Waals surface area contributed by atoms with Crippen LogP contribution in [0.3, 0.4) is 0 Å². The van der Waals surface area contributed by atoms with E-state index in [-0.39, 0.29) is 6.10 Å². The molecule has 31 heavy (non-hydrogen) atoms. The zero-order chi connectivity index (χ0) is 20.6. The summed E-state index contributed by atoms with van der Waals surface area (Å²) in [6, 6.07) is 28.2. The molecule has 0 spiro atoms. The number of hydrogen-bond acceptors (Lipinski definition) is 2. The van der Waals surface area contributed by atoms with Gasteiger partial charge in [0.1, 0.15) is 12.7 Å². The van der Waals surface area contributed by atoms with Crippen LogP contribution in [0.1, 0.15) is 29.5 Å². The van der Waals surface area contributed by atoms with E-state index in [0.717, 1.165) is 17.9 Å². The number of benzene rings is 4. The molecule has 0 N–H and O–H groups in total. The lowest BCUT2D eigenvalue weighted by molar-refractivity contribution is 0.0914. The van der Waals surface area contributed by atoms with Crippen LogP contribution in [0.25, 0.3) is 21.9 Å². The minimum atomic E-state index is 0.00866. The second-order valence-corrected chi connectivity index (χ2v) is 8.71. The third kappa shape index (κ3) is 3.46. The van der Waals surface area contributed by atoms with E-state index in [1.165, 1.54) is 64.3 Å². The van der Waals surface area contributed by atoms with Gasteiger partial charge in [0, 0.05) is 6.42 Å². The molecule has 2 nitrogen and oxygen atoms in total. The smallest absolute Gasteiger partial charge is 0.161 e. The van der Waals surface area contributed by atoms with E-state index in [0.29, 0.717) is 6.61 Å². The Morgan fingerprint density at radius 1 is 0.710 bits per heavy atom. The van der Waals surface area contributed by atoms with Crippen molar-refractivity contribution in [2.45, 2.75) is 38.2 Å². The third-order valence-electron chi connectivity index (χ3n) is 6.67. The maximum absolute atomic E-state index is 6.33. The zero-order valence-electron chi connectivity index (χ0n) is 17.6. The summed E-state index contributed by atoms with van der Waals surface area (Å²) in [5.74, 6) is 1.69. The van der Waals surface area contributed by atoms with Crippen molar-refractivity contribution in [3.63, 3.8) is 0 Å². The van der Waals surface area contributed by atoms with Crippen LogP contribution < -0.4 is 9.47 Å². The van der Waals surface area contributed by atoms with Gasteiger partial charge in [-0.15, -0.1) is 0 Å². The molecule has 4 aromatic carbocycles.